The van der Waals surface area contributed by atoms with Gasteiger partial charge in [0.05, 0.1) is 12.6 Å². The molecule has 2 aromatic carbocycles. The predicted octanol–water partition coefficient (Wildman–Crippen LogP) is 6.36. The molecule has 0 spiro atoms. The van der Waals surface area contributed by atoms with E-state index in [1.54, 1.807) is 7.11 Å². The lowest BCUT2D eigenvalue weighted by molar-refractivity contribution is 0.0525. The van der Waals surface area contributed by atoms with Crippen LogP contribution in [0.5, 0.6) is 5.75 Å². The smallest absolute Gasteiger partial charge is 0.407 e. The first-order chi connectivity index (χ1) is 16.1. The number of benzene rings is 2. The van der Waals surface area contributed by atoms with Crippen LogP contribution in [-0.4, -0.2) is 30.3 Å². The third-order valence-electron chi connectivity index (χ3n) is 5.81. The summed E-state index contributed by atoms with van der Waals surface area (Å²) in [6.45, 7) is 10.0. The molecular formula is C27H30N2O4S. The molecule has 34 heavy (non-hydrogen) atoms. The Kier molecular flexibility index (Phi) is 6.41. The monoisotopic (exact) mass is 478 g/mol. The molecule has 0 saturated heterocycles. The van der Waals surface area contributed by atoms with E-state index in [9.17, 15) is 9.59 Å². The first-order valence-corrected chi connectivity index (χ1v) is 12.1. The molecule has 1 atom stereocenters. The number of ether oxygens (including phenoxy) is 2. The first-order valence-electron chi connectivity index (χ1n) is 11.3. The number of pyridine rings is 1. The van der Waals surface area contributed by atoms with Crippen LogP contribution in [0.25, 0.3) is 32.1 Å². The summed E-state index contributed by atoms with van der Waals surface area (Å²) < 4.78 is 11.8. The van der Waals surface area contributed by atoms with Crippen molar-refractivity contribution in [3.05, 3.63) is 63.3 Å². The van der Waals surface area contributed by atoms with E-state index >= 15 is 0 Å². The van der Waals surface area contributed by atoms with Crippen molar-refractivity contribution in [2.24, 2.45) is 0 Å². The molecule has 0 saturated carbocycles. The molecule has 0 aliphatic carbocycles. The van der Waals surface area contributed by atoms with E-state index < -0.39 is 11.7 Å². The average Bonchev–Trinajstić information content (AvgIpc) is 3.28. The summed E-state index contributed by atoms with van der Waals surface area (Å²) in [5.41, 5.74) is 4.24. The van der Waals surface area contributed by atoms with Gasteiger partial charge in [-0.15, -0.1) is 11.3 Å². The predicted molar refractivity (Wildman–Crippen MR) is 139 cm³/mol. The number of carbonyl (C=O) groups is 1. The largest absolute Gasteiger partial charge is 0.496 e. The Morgan fingerprint density at radius 2 is 1.88 bits per heavy atom. The number of hydrogen-bond donors (Lipinski definition) is 2. The Bertz CT molecular complexity index is 1410. The van der Waals surface area contributed by atoms with Gasteiger partial charge in [-0.1, -0.05) is 31.2 Å². The first kappa shape index (κ1) is 23.8. The molecule has 2 N–H and O–H groups in total. The Hall–Kier alpha value is -3.32. The van der Waals surface area contributed by atoms with Crippen LogP contribution < -0.4 is 15.6 Å². The Balaban J connectivity index is 1.70. The summed E-state index contributed by atoms with van der Waals surface area (Å²) in [6.07, 6.45) is -0.416. The maximum Gasteiger partial charge on any atom is 0.407 e. The van der Waals surface area contributed by atoms with Crippen molar-refractivity contribution < 1.29 is 14.3 Å². The number of carbonyl (C=O) groups excluding carboxylic acids is 1. The molecule has 1 unspecified atom stereocenters. The van der Waals surface area contributed by atoms with E-state index in [1.165, 1.54) is 11.3 Å². The number of nitrogens with one attached hydrogen (secondary N) is 2. The fourth-order valence-electron chi connectivity index (χ4n) is 4.16. The zero-order valence-corrected chi connectivity index (χ0v) is 21.2. The SMILES string of the molecule is COc1cc(C)c2[nH]c(=O)c3sccc3c2c1-c1ccc(C(C)CNC(=O)OC(C)(C)C)cc1. The van der Waals surface area contributed by atoms with Gasteiger partial charge in [-0.3, -0.25) is 4.79 Å². The van der Waals surface area contributed by atoms with Crippen LogP contribution in [0, 0.1) is 6.92 Å². The standard InChI is InChI=1S/C27H30N2O4S/c1-15-13-20(32-6)21(22-19-11-12-34-24(19)25(30)29-23(15)22)18-9-7-17(8-10-18)16(2)14-28-26(31)33-27(3,4)5/h7-13,16H,14H2,1-6H3,(H,28,31)(H,29,30). The van der Waals surface area contributed by atoms with Gasteiger partial charge in [0.15, 0.2) is 0 Å². The fraction of sp³-hybridized carbons (Fsp3) is 0.333. The lowest BCUT2D eigenvalue weighted by atomic mass is 9.93. The lowest BCUT2D eigenvalue weighted by Gasteiger charge is -2.21. The number of fused-ring (bicyclic) bond motifs is 3. The van der Waals surface area contributed by atoms with Gasteiger partial charge < -0.3 is 19.8 Å². The summed E-state index contributed by atoms with van der Waals surface area (Å²) in [5, 5.41) is 6.70. The number of aryl methyl sites for hydroxylation is 1. The molecule has 1 amide bonds. The van der Waals surface area contributed by atoms with E-state index in [0.717, 1.165) is 44.3 Å². The van der Waals surface area contributed by atoms with E-state index in [-0.39, 0.29) is 11.5 Å². The molecule has 0 aliphatic heterocycles. The summed E-state index contributed by atoms with van der Waals surface area (Å²) in [5.74, 6) is 0.870. The Labute approximate surface area is 202 Å². The molecule has 0 bridgehead atoms. The van der Waals surface area contributed by atoms with Gasteiger partial charge in [0.25, 0.3) is 5.56 Å². The van der Waals surface area contributed by atoms with Gasteiger partial charge >= 0.3 is 6.09 Å². The quantitative estimate of drug-likeness (QED) is 0.350. The number of hydrogen-bond acceptors (Lipinski definition) is 5. The highest BCUT2D eigenvalue weighted by molar-refractivity contribution is 7.17. The summed E-state index contributed by atoms with van der Waals surface area (Å²) in [6, 6.07) is 12.2. The van der Waals surface area contributed by atoms with Crippen molar-refractivity contribution >= 4 is 38.4 Å². The molecule has 2 heterocycles. The number of amides is 1. The minimum absolute atomic E-state index is 0.0709. The van der Waals surface area contributed by atoms with Gasteiger partial charge in [0.1, 0.15) is 16.1 Å². The second-order valence-corrected chi connectivity index (χ2v) is 10.5. The van der Waals surface area contributed by atoms with Crippen LogP contribution in [0.3, 0.4) is 0 Å². The van der Waals surface area contributed by atoms with Crippen LogP contribution in [0.1, 0.15) is 44.7 Å². The number of H-pyrrole nitrogens is 1. The van der Waals surface area contributed by atoms with E-state index in [0.29, 0.717) is 11.2 Å². The molecule has 4 rings (SSSR count). The van der Waals surface area contributed by atoms with Crippen molar-refractivity contribution in [2.45, 2.75) is 46.1 Å². The molecule has 6 nitrogen and oxygen atoms in total. The lowest BCUT2D eigenvalue weighted by Crippen LogP contribution is -2.34. The van der Waals surface area contributed by atoms with Crippen molar-refractivity contribution in [3.63, 3.8) is 0 Å². The van der Waals surface area contributed by atoms with Crippen LogP contribution >= 0.6 is 11.3 Å². The second kappa shape index (κ2) is 9.14. The molecule has 0 radical (unpaired) electrons. The number of aromatic amines is 1. The summed E-state index contributed by atoms with van der Waals surface area (Å²) in [7, 11) is 1.67. The Morgan fingerprint density at radius 3 is 2.53 bits per heavy atom. The normalized spacial score (nSPS) is 12.6. The maximum atomic E-state index is 12.6. The molecule has 178 valence electrons. The van der Waals surface area contributed by atoms with Crippen molar-refractivity contribution in [1.29, 1.82) is 0 Å². The zero-order chi connectivity index (χ0) is 24.6. The minimum atomic E-state index is -0.525. The second-order valence-electron chi connectivity index (χ2n) is 9.54. The third kappa shape index (κ3) is 4.66. The highest BCUT2D eigenvalue weighted by Gasteiger charge is 2.19. The molecule has 4 aromatic rings. The van der Waals surface area contributed by atoms with E-state index in [4.69, 9.17) is 9.47 Å². The van der Waals surface area contributed by atoms with Crippen LogP contribution in [0.15, 0.2) is 46.6 Å². The topological polar surface area (TPSA) is 80.4 Å². The molecule has 2 aromatic heterocycles. The summed E-state index contributed by atoms with van der Waals surface area (Å²) in [4.78, 5) is 27.7. The van der Waals surface area contributed by atoms with Gasteiger partial charge in [0, 0.05) is 22.9 Å². The van der Waals surface area contributed by atoms with Crippen LogP contribution in [0.2, 0.25) is 0 Å². The number of thiophene rings is 1. The number of rotatable bonds is 5. The summed E-state index contributed by atoms with van der Waals surface area (Å²) >= 11 is 1.44. The van der Waals surface area contributed by atoms with Crippen molar-refractivity contribution in [2.75, 3.05) is 13.7 Å². The number of methoxy groups -OCH3 is 1. The van der Waals surface area contributed by atoms with Gasteiger partial charge in [0.2, 0.25) is 0 Å². The fourth-order valence-corrected chi connectivity index (χ4v) is 4.96. The Morgan fingerprint density at radius 1 is 1.18 bits per heavy atom. The zero-order valence-electron chi connectivity index (χ0n) is 20.4. The molecule has 0 fully saturated rings. The van der Waals surface area contributed by atoms with Crippen LogP contribution in [0.4, 0.5) is 4.79 Å². The number of alkyl carbamates (subject to hydrolysis) is 1. The van der Waals surface area contributed by atoms with E-state index in [2.05, 4.69) is 41.5 Å². The van der Waals surface area contributed by atoms with Crippen LogP contribution in [-0.2, 0) is 4.74 Å². The molecular weight excluding hydrogens is 448 g/mol. The highest BCUT2D eigenvalue weighted by Crippen LogP contribution is 2.41. The molecule has 7 heteroatoms. The molecule has 0 aliphatic rings. The van der Waals surface area contributed by atoms with Crippen molar-refractivity contribution in [1.82, 2.24) is 10.3 Å². The third-order valence-corrected chi connectivity index (χ3v) is 6.72. The van der Waals surface area contributed by atoms with E-state index in [1.807, 2.05) is 45.2 Å². The highest BCUT2D eigenvalue weighted by atomic mass is 32.1. The van der Waals surface area contributed by atoms with Crippen molar-refractivity contribution in [3.8, 4) is 16.9 Å². The average molecular weight is 479 g/mol. The minimum Gasteiger partial charge on any atom is -0.496 e. The van der Waals surface area contributed by atoms with Gasteiger partial charge in [-0.05, 0) is 67.8 Å². The van der Waals surface area contributed by atoms with Gasteiger partial charge in [-0.2, -0.15) is 0 Å². The number of aromatic nitrogens is 1. The van der Waals surface area contributed by atoms with Gasteiger partial charge in [-0.25, -0.2) is 4.79 Å². The maximum absolute atomic E-state index is 12.6.